The third-order valence-corrected chi connectivity index (χ3v) is 3.62. The zero-order valence-corrected chi connectivity index (χ0v) is 13.0. The van der Waals surface area contributed by atoms with Gasteiger partial charge in [0.15, 0.2) is 0 Å². The lowest BCUT2D eigenvalue weighted by atomic mass is 10.0. The molecule has 0 aliphatic rings. The average Bonchev–Trinajstić information content (AvgIpc) is 3.06. The number of carbonyl (C=O) groups excluding carboxylic acids is 1. The van der Waals surface area contributed by atoms with Crippen LogP contribution in [0.25, 0.3) is 0 Å². The Hall–Kier alpha value is -2.66. The Bertz CT molecular complexity index is 774. The standard InChI is InChI=1S/C17H15ClN4O/c18-13-5-3-4-12(10-13)17(15-6-1-2-8-19-15)21-16(23)11-14-7-9-20-22-14/h1-10,17H,11H2,(H,20,22)(H,21,23)/t17-/m1/s1. The van der Waals surface area contributed by atoms with Gasteiger partial charge >= 0.3 is 0 Å². The van der Waals surface area contributed by atoms with Gasteiger partial charge in [-0.15, -0.1) is 0 Å². The number of pyridine rings is 1. The quantitative estimate of drug-likeness (QED) is 0.757. The first-order valence-corrected chi connectivity index (χ1v) is 7.54. The van der Waals surface area contributed by atoms with Crippen LogP contribution in [0.1, 0.15) is 23.0 Å². The Kier molecular flexibility index (Phi) is 4.68. The van der Waals surface area contributed by atoms with Crippen molar-refractivity contribution in [2.75, 3.05) is 0 Å². The third-order valence-electron chi connectivity index (χ3n) is 3.38. The molecular formula is C17H15ClN4O. The number of carbonyl (C=O) groups is 1. The number of nitrogens with one attached hydrogen (secondary N) is 2. The van der Waals surface area contributed by atoms with Gasteiger partial charge in [0.1, 0.15) is 0 Å². The fraction of sp³-hybridized carbons (Fsp3) is 0.118. The summed E-state index contributed by atoms with van der Waals surface area (Å²) in [5.74, 6) is -0.120. The maximum absolute atomic E-state index is 12.3. The van der Waals surface area contributed by atoms with Crippen LogP contribution in [0.3, 0.4) is 0 Å². The molecule has 0 saturated heterocycles. The van der Waals surface area contributed by atoms with Crippen molar-refractivity contribution in [3.63, 3.8) is 0 Å². The Morgan fingerprint density at radius 3 is 2.78 bits per heavy atom. The molecule has 23 heavy (non-hydrogen) atoms. The predicted molar refractivity (Wildman–Crippen MR) is 88.0 cm³/mol. The minimum absolute atomic E-state index is 0.120. The average molecular weight is 327 g/mol. The Morgan fingerprint density at radius 1 is 1.17 bits per heavy atom. The second-order valence-corrected chi connectivity index (χ2v) is 5.51. The second kappa shape index (κ2) is 7.07. The Balaban J connectivity index is 1.85. The molecule has 0 spiro atoms. The smallest absolute Gasteiger partial charge is 0.226 e. The number of benzene rings is 1. The number of aromatic amines is 1. The summed E-state index contributed by atoms with van der Waals surface area (Å²) in [7, 11) is 0. The number of rotatable bonds is 5. The molecule has 2 heterocycles. The largest absolute Gasteiger partial charge is 0.343 e. The maximum Gasteiger partial charge on any atom is 0.226 e. The first kappa shape index (κ1) is 15.2. The van der Waals surface area contributed by atoms with Gasteiger partial charge in [-0.2, -0.15) is 5.10 Å². The van der Waals surface area contributed by atoms with Crippen molar-refractivity contribution < 1.29 is 4.79 Å². The molecule has 0 bridgehead atoms. The summed E-state index contributed by atoms with van der Waals surface area (Å²) in [5.41, 5.74) is 2.40. The Morgan fingerprint density at radius 2 is 2.09 bits per heavy atom. The topological polar surface area (TPSA) is 70.7 Å². The number of amides is 1. The van der Waals surface area contributed by atoms with Crippen molar-refractivity contribution in [3.8, 4) is 0 Å². The maximum atomic E-state index is 12.3. The van der Waals surface area contributed by atoms with E-state index in [-0.39, 0.29) is 18.4 Å². The molecular weight excluding hydrogens is 312 g/mol. The van der Waals surface area contributed by atoms with E-state index in [2.05, 4.69) is 20.5 Å². The van der Waals surface area contributed by atoms with Crippen molar-refractivity contribution >= 4 is 17.5 Å². The molecule has 0 aliphatic heterocycles. The van der Waals surface area contributed by atoms with Crippen LogP contribution in [0, 0.1) is 0 Å². The predicted octanol–water partition coefficient (Wildman–Crippen LogP) is 2.91. The van der Waals surface area contributed by atoms with Crippen LogP contribution >= 0.6 is 11.6 Å². The number of hydrogen-bond donors (Lipinski definition) is 2. The van der Waals surface area contributed by atoms with E-state index >= 15 is 0 Å². The number of hydrogen-bond acceptors (Lipinski definition) is 3. The van der Waals surface area contributed by atoms with Crippen LogP contribution in [0.2, 0.25) is 5.02 Å². The zero-order valence-electron chi connectivity index (χ0n) is 12.2. The van der Waals surface area contributed by atoms with Gasteiger partial charge in [0.2, 0.25) is 5.91 Å². The van der Waals surface area contributed by atoms with E-state index in [1.54, 1.807) is 24.5 Å². The number of H-pyrrole nitrogens is 1. The van der Waals surface area contributed by atoms with E-state index < -0.39 is 0 Å². The van der Waals surface area contributed by atoms with Crippen LogP contribution in [0.5, 0.6) is 0 Å². The first-order valence-electron chi connectivity index (χ1n) is 7.16. The lowest BCUT2D eigenvalue weighted by Gasteiger charge is -2.19. The van der Waals surface area contributed by atoms with Gasteiger partial charge in [0.05, 0.1) is 18.2 Å². The van der Waals surface area contributed by atoms with Gasteiger partial charge in [-0.25, -0.2) is 0 Å². The van der Waals surface area contributed by atoms with Crippen molar-refractivity contribution in [1.29, 1.82) is 0 Å². The third kappa shape index (κ3) is 3.96. The second-order valence-electron chi connectivity index (χ2n) is 5.07. The molecule has 1 aromatic carbocycles. The van der Waals surface area contributed by atoms with Gasteiger partial charge in [0.25, 0.3) is 0 Å². The van der Waals surface area contributed by atoms with Gasteiger partial charge in [-0.05, 0) is 35.9 Å². The van der Waals surface area contributed by atoms with Gasteiger partial charge < -0.3 is 5.32 Å². The molecule has 5 nitrogen and oxygen atoms in total. The fourth-order valence-corrected chi connectivity index (χ4v) is 2.53. The number of nitrogens with zero attached hydrogens (tertiary/aromatic N) is 2. The summed E-state index contributed by atoms with van der Waals surface area (Å²) >= 11 is 6.08. The molecule has 3 aromatic rings. The van der Waals surface area contributed by atoms with Gasteiger partial charge in [-0.3, -0.25) is 14.9 Å². The van der Waals surface area contributed by atoms with E-state index in [0.29, 0.717) is 5.02 Å². The fourth-order valence-electron chi connectivity index (χ4n) is 2.33. The van der Waals surface area contributed by atoms with Crippen molar-refractivity contribution in [1.82, 2.24) is 20.5 Å². The highest BCUT2D eigenvalue weighted by Crippen LogP contribution is 2.23. The number of aromatic nitrogens is 3. The molecule has 0 radical (unpaired) electrons. The molecule has 0 aliphatic carbocycles. The molecule has 6 heteroatoms. The molecule has 1 amide bonds. The van der Waals surface area contributed by atoms with Crippen LogP contribution in [-0.2, 0) is 11.2 Å². The van der Waals surface area contributed by atoms with Crippen molar-refractivity contribution in [2.45, 2.75) is 12.5 Å². The molecule has 0 fully saturated rings. The first-order chi connectivity index (χ1) is 11.2. The van der Waals surface area contributed by atoms with Crippen molar-refractivity contribution in [3.05, 3.63) is 82.9 Å². The summed E-state index contributed by atoms with van der Waals surface area (Å²) in [6.07, 6.45) is 3.55. The van der Waals surface area contributed by atoms with Crippen LogP contribution in [0.15, 0.2) is 60.9 Å². The molecule has 1 atom stereocenters. The molecule has 116 valence electrons. The van der Waals surface area contributed by atoms with E-state index in [4.69, 9.17) is 11.6 Å². The minimum Gasteiger partial charge on any atom is -0.343 e. The number of halogens is 1. The van der Waals surface area contributed by atoms with Crippen molar-refractivity contribution in [2.24, 2.45) is 0 Å². The molecule has 2 N–H and O–H groups in total. The summed E-state index contributed by atoms with van der Waals surface area (Å²) in [4.78, 5) is 16.7. The lowest BCUT2D eigenvalue weighted by Crippen LogP contribution is -2.31. The molecule has 3 rings (SSSR count). The summed E-state index contributed by atoms with van der Waals surface area (Å²) in [5, 5.41) is 10.3. The van der Waals surface area contributed by atoms with E-state index in [9.17, 15) is 4.79 Å². The van der Waals surface area contributed by atoms with E-state index in [1.165, 1.54) is 0 Å². The highest BCUT2D eigenvalue weighted by atomic mass is 35.5. The van der Waals surface area contributed by atoms with Crippen LogP contribution < -0.4 is 5.32 Å². The minimum atomic E-state index is -0.356. The normalized spacial score (nSPS) is 11.9. The summed E-state index contributed by atoms with van der Waals surface area (Å²) in [6, 6.07) is 14.4. The molecule has 2 aromatic heterocycles. The van der Waals surface area contributed by atoms with E-state index in [0.717, 1.165) is 17.0 Å². The van der Waals surface area contributed by atoms with Crippen LogP contribution in [-0.4, -0.2) is 21.1 Å². The monoisotopic (exact) mass is 326 g/mol. The SMILES string of the molecule is O=C(Cc1ccn[nH]1)N[C@H](c1cccc(Cl)c1)c1ccccn1. The summed E-state index contributed by atoms with van der Waals surface area (Å²) < 4.78 is 0. The van der Waals surface area contributed by atoms with Gasteiger partial charge in [0, 0.05) is 23.1 Å². The molecule has 0 saturated carbocycles. The molecule has 0 unspecified atom stereocenters. The van der Waals surface area contributed by atoms with E-state index in [1.807, 2.05) is 36.4 Å². The zero-order chi connectivity index (χ0) is 16.1. The van der Waals surface area contributed by atoms with Gasteiger partial charge in [-0.1, -0.05) is 29.8 Å². The highest BCUT2D eigenvalue weighted by molar-refractivity contribution is 6.30. The summed E-state index contributed by atoms with van der Waals surface area (Å²) in [6.45, 7) is 0. The Labute approximate surface area is 138 Å². The highest BCUT2D eigenvalue weighted by Gasteiger charge is 2.18. The lowest BCUT2D eigenvalue weighted by molar-refractivity contribution is -0.121. The van der Waals surface area contributed by atoms with Crippen LogP contribution in [0.4, 0.5) is 0 Å².